The molecule has 15 heavy (non-hydrogen) atoms. The van der Waals surface area contributed by atoms with E-state index in [4.69, 9.17) is 4.74 Å². The molecule has 0 radical (unpaired) electrons. The number of hydrogen-bond acceptors (Lipinski definition) is 6. The van der Waals surface area contributed by atoms with Crippen LogP contribution in [0.2, 0.25) is 0 Å². The van der Waals surface area contributed by atoms with Gasteiger partial charge in [0, 0.05) is 6.54 Å². The van der Waals surface area contributed by atoms with Crippen molar-refractivity contribution in [2.75, 3.05) is 31.6 Å². The molecule has 2 rings (SSSR count). The minimum Gasteiger partial charge on any atom is -0.376 e. The van der Waals surface area contributed by atoms with E-state index in [1.54, 1.807) is 5.51 Å². The van der Waals surface area contributed by atoms with Crippen LogP contribution in [0, 0.1) is 0 Å². The third-order valence-electron chi connectivity index (χ3n) is 2.38. The lowest BCUT2D eigenvalue weighted by atomic mass is 10.1. The molecule has 84 valence electrons. The van der Waals surface area contributed by atoms with Crippen LogP contribution in [-0.4, -0.2) is 42.5 Å². The Morgan fingerprint density at radius 3 is 3.13 bits per heavy atom. The van der Waals surface area contributed by atoms with Crippen LogP contribution in [-0.2, 0) is 4.74 Å². The molecule has 1 aromatic heterocycles. The second kappa shape index (κ2) is 5.99. The lowest BCUT2D eigenvalue weighted by molar-refractivity contribution is 0.0394. The van der Waals surface area contributed by atoms with Crippen molar-refractivity contribution in [2.45, 2.75) is 18.9 Å². The molecule has 0 spiro atoms. The number of ether oxygens (including phenoxy) is 1. The molecule has 1 fully saturated rings. The quantitative estimate of drug-likeness (QED) is 0.727. The molecule has 0 amide bonds. The normalized spacial score (nSPS) is 17.9. The first-order valence-corrected chi connectivity index (χ1v) is 6.15. The van der Waals surface area contributed by atoms with Crippen LogP contribution >= 0.6 is 11.3 Å². The highest BCUT2D eigenvalue weighted by Gasteiger charge is 2.12. The number of aromatic nitrogens is 2. The van der Waals surface area contributed by atoms with Crippen LogP contribution < -0.4 is 10.6 Å². The standard InChI is InChI=1S/C9H16N4OS/c1-3-10-4-2-8(1)14-6-5-11-9-13-12-7-15-9/h7-8,10H,1-6H2,(H,11,13). The highest BCUT2D eigenvalue weighted by molar-refractivity contribution is 7.13. The molecule has 0 aliphatic carbocycles. The van der Waals surface area contributed by atoms with Gasteiger partial charge in [-0.3, -0.25) is 0 Å². The van der Waals surface area contributed by atoms with Crippen LogP contribution in [0.25, 0.3) is 0 Å². The largest absolute Gasteiger partial charge is 0.376 e. The number of anilines is 1. The first-order chi connectivity index (χ1) is 7.45. The van der Waals surface area contributed by atoms with Gasteiger partial charge in [0.15, 0.2) is 0 Å². The predicted octanol–water partition coefficient (Wildman–Crippen LogP) is 0.719. The molecule has 0 unspecified atom stereocenters. The van der Waals surface area contributed by atoms with Crippen LogP contribution in [0.3, 0.4) is 0 Å². The summed E-state index contributed by atoms with van der Waals surface area (Å²) in [5.41, 5.74) is 1.72. The maximum Gasteiger partial charge on any atom is 0.205 e. The molecule has 0 bridgehead atoms. The van der Waals surface area contributed by atoms with E-state index in [1.165, 1.54) is 11.3 Å². The van der Waals surface area contributed by atoms with Crippen molar-refractivity contribution in [2.24, 2.45) is 0 Å². The third-order valence-corrected chi connectivity index (χ3v) is 3.03. The van der Waals surface area contributed by atoms with E-state index >= 15 is 0 Å². The summed E-state index contributed by atoms with van der Waals surface area (Å²) in [6, 6.07) is 0. The molecule has 1 saturated heterocycles. The highest BCUT2D eigenvalue weighted by Crippen LogP contribution is 2.08. The van der Waals surface area contributed by atoms with Crippen molar-refractivity contribution in [3.63, 3.8) is 0 Å². The van der Waals surface area contributed by atoms with Crippen LogP contribution in [0.15, 0.2) is 5.51 Å². The number of hydrogen-bond donors (Lipinski definition) is 2. The first kappa shape index (κ1) is 10.8. The zero-order valence-corrected chi connectivity index (χ0v) is 9.42. The summed E-state index contributed by atoms with van der Waals surface area (Å²) in [4.78, 5) is 0. The average molecular weight is 228 g/mol. The van der Waals surface area contributed by atoms with E-state index in [-0.39, 0.29) is 0 Å². The molecule has 6 heteroatoms. The summed E-state index contributed by atoms with van der Waals surface area (Å²) < 4.78 is 5.74. The van der Waals surface area contributed by atoms with Crippen LogP contribution in [0.4, 0.5) is 5.13 Å². The second-order valence-corrected chi connectivity index (χ2v) is 4.32. The Morgan fingerprint density at radius 1 is 1.53 bits per heavy atom. The molecule has 1 aliphatic rings. The Kier molecular flexibility index (Phi) is 4.31. The summed E-state index contributed by atoms with van der Waals surface area (Å²) in [6.45, 7) is 3.70. The molecule has 2 heterocycles. The van der Waals surface area contributed by atoms with Crippen molar-refractivity contribution in [3.8, 4) is 0 Å². The van der Waals surface area contributed by atoms with Gasteiger partial charge in [-0.25, -0.2) is 0 Å². The zero-order valence-electron chi connectivity index (χ0n) is 8.61. The SMILES string of the molecule is c1nnc(NCCOC2CCNCC2)s1. The van der Waals surface area contributed by atoms with Gasteiger partial charge in [0.2, 0.25) is 5.13 Å². The van der Waals surface area contributed by atoms with Crippen LogP contribution in [0.1, 0.15) is 12.8 Å². The van der Waals surface area contributed by atoms with E-state index in [0.717, 1.165) is 44.2 Å². The van der Waals surface area contributed by atoms with E-state index in [9.17, 15) is 0 Å². The summed E-state index contributed by atoms with van der Waals surface area (Å²) >= 11 is 1.51. The minimum absolute atomic E-state index is 0.433. The van der Waals surface area contributed by atoms with Gasteiger partial charge >= 0.3 is 0 Å². The second-order valence-electron chi connectivity index (χ2n) is 3.49. The highest BCUT2D eigenvalue weighted by atomic mass is 32.1. The van der Waals surface area contributed by atoms with E-state index < -0.39 is 0 Å². The summed E-state index contributed by atoms with van der Waals surface area (Å²) in [6.07, 6.45) is 2.68. The van der Waals surface area contributed by atoms with Gasteiger partial charge in [0.25, 0.3) is 0 Å². The van der Waals surface area contributed by atoms with Gasteiger partial charge in [-0.15, -0.1) is 10.2 Å². The number of piperidine rings is 1. The minimum atomic E-state index is 0.433. The van der Waals surface area contributed by atoms with Crippen LogP contribution in [0.5, 0.6) is 0 Å². The maximum atomic E-state index is 5.74. The summed E-state index contributed by atoms with van der Waals surface area (Å²) in [5.74, 6) is 0. The van der Waals surface area contributed by atoms with E-state index in [0.29, 0.717) is 6.10 Å². The van der Waals surface area contributed by atoms with Gasteiger partial charge in [-0.1, -0.05) is 11.3 Å². The first-order valence-electron chi connectivity index (χ1n) is 5.27. The molecule has 0 aromatic carbocycles. The third kappa shape index (κ3) is 3.73. The van der Waals surface area contributed by atoms with E-state index in [2.05, 4.69) is 20.8 Å². The zero-order chi connectivity index (χ0) is 10.3. The lowest BCUT2D eigenvalue weighted by Gasteiger charge is -2.22. The Hall–Kier alpha value is -0.720. The molecule has 2 N–H and O–H groups in total. The Labute approximate surface area is 93.2 Å². The number of nitrogens with one attached hydrogen (secondary N) is 2. The van der Waals surface area contributed by atoms with Gasteiger partial charge in [-0.05, 0) is 25.9 Å². The average Bonchev–Trinajstić information content (AvgIpc) is 2.79. The topological polar surface area (TPSA) is 59.1 Å². The number of nitrogens with zero attached hydrogens (tertiary/aromatic N) is 2. The molecular formula is C9H16N4OS. The lowest BCUT2D eigenvalue weighted by Crippen LogP contribution is -2.33. The Morgan fingerprint density at radius 2 is 2.40 bits per heavy atom. The molecule has 1 aliphatic heterocycles. The van der Waals surface area contributed by atoms with Gasteiger partial charge < -0.3 is 15.4 Å². The summed E-state index contributed by atoms with van der Waals surface area (Å²) in [5, 5.41) is 15.0. The number of rotatable bonds is 5. The molecular weight excluding hydrogens is 212 g/mol. The van der Waals surface area contributed by atoms with Crippen molar-refractivity contribution in [1.82, 2.24) is 15.5 Å². The molecule has 5 nitrogen and oxygen atoms in total. The van der Waals surface area contributed by atoms with Gasteiger partial charge in [0.1, 0.15) is 5.51 Å². The molecule has 1 aromatic rings. The fraction of sp³-hybridized carbons (Fsp3) is 0.778. The van der Waals surface area contributed by atoms with Crippen molar-refractivity contribution in [3.05, 3.63) is 5.51 Å². The molecule has 0 atom stereocenters. The Balaban J connectivity index is 1.54. The summed E-state index contributed by atoms with van der Waals surface area (Å²) in [7, 11) is 0. The van der Waals surface area contributed by atoms with Crippen molar-refractivity contribution in [1.29, 1.82) is 0 Å². The molecule has 0 saturated carbocycles. The Bertz CT molecular complexity index is 261. The van der Waals surface area contributed by atoms with Crippen molar-refractivity contribution >= 4 is 16.5 Å². The monoisotopic (exact) mass is 228 g/mol. The smallest absolute Gasteiger partial charge is 0.205 e. The fourth-order valence-electron chi connectivity index (χ4n) is 1.60. The van der Waals surface area contributed by atoms with Gasteiger partial charge in [0.05, 0.1) is 12.7 Å². The van der Waals surface area contributed by atoms with E-state index in [1.807, 2.05) is 0 Å². The fourth-order valence-corrected chi connectivity index (χ4v) is 2.07. The predicted molar refractivity (Wildman–Crippen MR) is 60.2 cm³/mol. The van der Waals surface area contributed by atoms with Gasteiger partial charge in [-0.2, -0.15) is 0 Å². The van der Waals surface area contributed by atoms with Crippen molar-refractivity contribution < 1.29 is 4.74 Å². The maximum absolute atomic E-state index is 5.74.